The maximum atomic E-state index is 12.2. The van der Waals surface area contributed by atoms with Gasteiger partial charge in [0.2, 0.25) is 0 Å². The summed E-state index contributed by atoms with van der Waals surface area (Å²) < 4.78 is 0. The molecule has 2 nitrogen and oxygen atoms in total. The highest BCUT2D eigenvalue weighted by molar-refractivity contribution is 7.16. The van der Waals surface area contributed by atoms with Crippen LogP contribution in [0.2, 0.25) is 0 Å². The fourth-order valence-corrected chi connectivity index (χ4v) is 2.68. The van der Waals surface area contributed by atoms with Crippen molar-refractivity contribution in [3.8, 4) is 0 Å². The number of hydrogen-bond acceptors (Lipinski definition) is 3. The van der Waals surface area contributed by atoms with Gasteiger partial charge in [0.15, 0.2) is 5.78 Å². The average molecular weight is 253 g/mol. The maximum Gasteiger partial charge on any atom is 0.171 e. The van der Waals surface area contributed by atoms with E-state index >= 15 is 0 Å². The van der Waals surface area contributed by atoms with Crippen molar-refractivity contribution in [3.63, 3.8) is 0 Å². The third kappa shape index (κ3) is 3.84. The van der Waals surface area contributed by atoms with Crippen LogP contribution in [-0.2, 0) is 6.42 Å². The number of unbranched alkanes of at least 4 members (excludes halogenated alkanes) is 2. The first-order valence-corrected chi connectivity index (χ1v) is 7.11. The molecule has 0 fully saturated rings. The Bertz CT molecular complexity index is 387. The molecule has 0 atom stereocenters. The second-order valence-corrected chi connectivity index (χ2v) is 6.70. The zero-order chi connectivity index (χ0) is 13.1. The van der Waals surface area contributed by atoms with Gasteiger partial charge in [0, 0.05) is 10.3 Å². The van der Waals surface area contributed by atoms with Crippen molar-refractivity contribution in [2.24, 2.45) is 5.41 Å². The molecule has 3 heteroatoms. The number of thiophene rings is 1. The largest absolute Gasteiger partial charge is 0.390 e. The number of carbonyl (C=O) groups excluding carboxylic acids is 1. The van der Waals surface area contributed by atoms with E-state index in [1.54, 1.807) is 11.3 Å². The number of rotatable bonds is 5. The molecule has 96 valence electrons. The number of aryl methyl sites for hydroxylation is 1. The summed E-state index contributed by atoms with van der Waals surface area (Å²) in [7, 11) is 0. The minimum Gasteiger partial charge on any atom is -0.390 e. The molecule has 17 heavy (non-hydrogen) atoms. The summed E-state index contributed by atoms with van der Waals surface area (Å²) in [6.45, 7) is 7.99. The Morgan fingerprint density at radius 1 is 1.35 bits per heavy atom. The molecule has 0 aliphatic carbocycles. The van der Waals surface area contributed by atoms with Crippen molar-refractivity contribution in [2.75, 3.05) is 5.73 Å². The van der Waals surface area contributed by atoms with Crippen LogP contribution in [0.1, 0.15) is 62.2 Å². The van der Waals surface area contributed by atoms with Crippen LogP contribution in [-0.4, -0.2) is 5.78 Å². The molecular formula is C14H23NOS. The Morgan fingerprint density at radius 2 is 2.00 bits per heavy atom. The van der Waals surface area contributed by atoms with E-state index in [4.69, 9.17) is 5.73 Å². The Morgan fingerprint density at radius 3 is 2.53 bits per heavy atom. The maximum absolute atomic E-state index is 12.2. The number of ketones is 1. The summed E-state index contributed by atoms with van der Waals surface area (Å²) in [4.78, 5) is 13.4. The summed E-state index contributed by atoms with van der Waals surface area (Å²) in [5, 5.41) is 0.677. The third-order valence-electron chi connectivity index (χ3n) is 2.76. The quantitative estimate of drug-likeness (QED) is 0.628. The Labute approximate surface area is 108 Å². The first kappa shape index (κ1) is 14.2. The van der Waals surface area contributed by atoms with Gasteiger partial charge in [-0.15, -0.1) is 11.3 Å². The molecule has 0 aliphatic heterocycles. The van der Waals surface area contributed by atoms with E-state index in [1.165, 1.54) is 24.1 Å². The predicted octanol–water partition coefficient (Wildman–Crippen LogP) is 4.29. The van der Waals surface area contributed by atoms with Gasteiger partial charge in [-0.2, -0.15) is 0 Å². The first-order chi connectivity index (χ1) is 7.86. The van der Waals surface area contributed by atoms with Gasteiger partial charge < -0.3 is 5.73 Å². The average Bonchev–Trinajstić information content (AvgIpc) is 2.57. The minimum atomic E-state index is -0.351. The molecule has 2 N–H and O–H groups in total. The molecule has 1 aromatic rings. The number of hydrogen-bond donors (Lipinski definition) is 1. The second-order valence-electron chi connectivity index (χ2n) is 5.53. The van der Waals surface area contributed by atoms with Gasteiger partial charge in [-0.1, -0.05) is 40.5 Å². The highest BCUT2D eigenvalue weighted by atomic mass is 32.1. The highest BCUT2D eigenvalue weighted by Gasteiger charge is 2.26. The fourth-order valence-electron chi connectivity index (χ4n) is 1.71. The van der Waals surface area contributed by atoms with E-state index in [2.05, 4.69) is 6.92 Å². The normalized spacial score (nSPS) is 11.8. The molecule has 1 rings (SSSR count). The van der Waals surface area contributed by atoms with Gasteiger partial charge in [0.25, 0.3) is 0 Å². The molecule has 1 aromatic heterocycles. The molecule has 0 saturated heterocycles. The molecular weight excluding hydrogens is 230 g/mol. The van der Waals surface area contributed by atoms with Crippen molar-refractivity contribution in [1.29, 1.82) is 0 Å². The fraction of sp³-hybridized carbons (Fsp3) is 0.643. The monoisotopic (exact) mass is 253 g/mol. The number of nitrogens with two attached hydrogens (primary N) is 1. The van der Waals surface area contributed by atoms with Crippen LogP contribution in [0.5, 0.6) is 0 Å². The molecule has 0 saturated carbocycles. The van der Waals surface area contributed by atoms with Crippen molar-refractivity contribution >= 4 is 22.1 Å². The standard InChI is InChI=1S/C14H23NOS/c1-5-6-7-8-10-9-11(13(15)17-10)12(16)14(2,3)4/h9H,5-8,15H2,1-4H3. The number of carbonyl (C=O) groups is 1. The van der Waals surface area contributed by atoms with Crippen LogP contribution < -0.4 is 5.73 Å². The molecule has 0 aliphatic rings. The van der Waals surface area contributed by atoms with E-state index in [9.17, 15) is 4.79 Å². The lowest BCUT2D eigenvalue weighted by Gasteiger charge is -2.15. The summed E-state index contributed by atoms with van der Waals surface area (Å²) >= 11 is 1.57. The van der Waals surface area contributed by atoms with Crippen molar-refractivity contribution in [3.05, 3.63) is 16.5 Å². The van der Waals surface area contributed by atoms with E-state index in [0.29, 0.717) is 10.6 Å². The molecule has 0 amide bonds. The van der Waals surface area contributed by atoms with Gasteiger partial charge in [-0.05, 0) is 18.9 Å². The Balaban J connectivity index is 2.78. The lowest BCUT2D eigenvalue weighted by molar-refractivity contribution is 0.0859. The molecule has 0 unspecified atom stereocenters. The zero-order valence-electron chi connectivity index (χ0n) is 11.3. The molecule has 0 spiro atoms. The number of Topliss-reactive ketones (excluding diaryl/α,β-unsaturated/α-hetero) is 1. The second kappa shape index (κ2) is 5.67. The van der Waals surface area contributed by atoms with Gasteiger partial charge in [0.1, 0.15) is 0 Å². The van der Waals surface area contributed by atoms with Crippen LogP contribution in [0.4, 0.5) is 5.00 Å². The summed E-state index contributed by atoms with van der Waals surface area (Å²) in [6, 6.07) is 1.99. The van der Waals surface area contributed by atoms with Gasteiger partial charge >= 0.3 is 0 Å². The van der Waals surface area contributed by atoms with Gasteiger partial charge in [-0.3, -0.25) is 4.79 Å². The molecule has 0 radical (unpaired) electrons. The lowest BCUT2D eigenvalue weighted by Crippen LogP contribution is -2.20. The Hall–Kier alpha value is -0.830. The summed E-state index contributed by atoms with van der Waals surface area (Å²) in [5.41, 5.74) is 6.31. The van der Waals surface area contributed by atoms with E-state index < -0.39 is 0 Å². The van der Waals surface area contributed by atoms with Crippen molar-refractivity contribution in [2.45, 2.75) is 53.4 Å². The Kier molecular flexibility index (Phi) is 4.75. The lowest BCUT2D eigenvalue weighted by atomic mass is 9.87. The van der Waals surface area contributed by atoms with Crippen LogP contribution in [0.3, 0.4) is 0 Å². The zero-order valence-corrected chi connectivity index (χ0v) is 12.1. The van der Waals surface area contributed by atoms with Crippen molar-refractivity contribution < 1.29 is 4.79 Å². The third-order valence-corrected chi connectivity index (χ3v) is 3.79. The minimum absolute atomic E-state index is 0.146. The summed E-state index contributed by atoms with van der Waals surface area (Å²) in [6.07, 6.45) is 4.68. The number of nitrogen functional groups attached to an aromatic ring is 1. The molecule has 0 aromatic carbocycles. The predicted molar refractivity (Wildman–Crippen MR) is 75.7 cm³/mol. The number of anilines is 1. The van der Waals surface area contributed by atoms with Crippen LogP contribution >= 0.6 is 11.3 Å². The topological polar surface area (TPSA) is 43.1 Å². The SMILES string of the molecule is CCCCCc1cc(C(=O)C(C)(C)C)c(N)s1. The highest BCUT2D eigenvalue weighted by Crippen LogP contribution is 2.31. The smallest absolute Gasteiger partial charge is 0.171 e. The van der Waals surface area contributed by atoms with Crippen LogP contribution in [0, 0.1) is 5.41 Å². The van der Waals surface area contributed by atoms with E-state index in [0.717, 1.165) is 6.42 Å². The van der Waals surface area contributed by atoms with Crippen LogP contribution in [0.25, 0.3) is 0 Å². The first-order valence-electron chi connectivity index (χ1n) is 6.29. The molecule has 0 bridgehead atoms. The van der Waals surface area contributed by atoms with E-state index in [1.807, 2.05) is 26.8 Å². The van der Waals surface area contributed by atoms with Gasteiger partial charge in [-0.25, -0.2) is 0 Å². The van der Waals surface area contributed by atoms with Crippen LogP contribution in [0.15, 0.2) is 6.07 Å². The summed E-state index contributed by atoms with van der Waals surface area (Å²) in [5.74, 6) is 0.146. The van der Waals surface area contributed by atoms with E-state index in [-0.39, 0.29) is 11.2 Å². The molecule has 1 heterocycles. The van der Waals surface area contributed by atoms with Gasteiger partial charge in [0.05, 0.1) is 10.6 Å². The van der Waals surface area contributed by atoms with Crippen molar-refractivity contribution in [1.82, 2.24) is 0 Å².